The lowest BCUT2D eigenvalue weighted by molar-refractivity contribution is -0.385. The first-order valence-electron chi connectivity index (χ1n) is 5.52. The van der Waals surface area contributed by atoms with E-state index in [-0.39, 0.29) is 12.2 Å². The van der Waals surface area contributed by atoms with Crippen molar-refractivity contribution in [3.63, 3.8) is 0 Å². The van der Waals surface area contributed by atoms with Crippen LogP contribution >= 0.6 is 0 Å². The van der Waals surface area contributed by atoms with Crippen LogP contribution in [0.5, 0.6) is 0 Å². The number of esters is 1. The zero-order chi connectivity index (χ0) is 13.8. The van der Waals surface area contributed by atoms with Gasteiger partial charge < -0.3 is 14.4 Å². The maximum Gasteiger partial charge on any atom is 0.336 e. The van der Waals surface area contributed by atoms with Gasteiger partial charge in [0.05, 0.1) is 25.2 Å². The highest BCUT2D eigenvalue weighted by atomic mass is 16.6. The summed E-state index contributed by atoms with van der Waals surface area (Å²) in [5.74, 6) is -0.144. The fraction of sp³-hybridized carbons (Fsp3) is 0.500. The predicted octanol–water partition coefficient (Wildman–Crippen LogP) is -0.237. The van der Waals surface area contributed by atoms with E-state index in [1.165, 1.54) is 7.11 Å². The van der Waals surface area contributed by atoms with Gasteiger partial charge in [-0.1, -0.05) is 0 Å². The van der Waals surface area contributed by atoms with Crippen LogP contribution in [-0.4, -0.2) is 53.8 Å². The SMILES string of the molecule is COC(=O)C1CN(c2ncc([N+](=O)[O-])cn2)CCO1. The summed E-state index contributed by atoms with van der Waals surface area (Å²) in [6, 6.07) is 0. The van der Waals surface area contributed by atoms with Crippen molar-refractivity contribution in [2.24, 2.45) is 0 Å². The van der Waals surface area contributed by atoms with Crippen LogP contribution in [-0.2, 0) is 14.3 Å². The van der Waals surface area contributed by atoms with E-state index < -0.39 is 17.0 Å². The molecule has 9 heteroatoms. The van der Waals surface area contributed by atoms with E-state index in [1.807, 2.05) is 0 Å². The van der Waals surface area contributed by atoms with Crippen LogP contribution in [0.4, 0.5) is 11.6 Å². The Kier molecular flexibility index (Phi) is 3.85. The third kappa shape index (κ3) is 2.94. The molecule has 9 nitrogen and oxygen atoms in total. The van der Waals surface area contributed by atoms with Crippen molar-refractivity contribution in [3.05, 3.63) is 22.5 Å². The Morgan fingerprint density at radius 2 is 2.26 bits per heavy atom. The molecule has 1 aromatic heterocycles. The molecule has 1 aliphatic heterocycles. The van der Waals surface area contributed by atoms with Gasteiger partial charge in [-0.05, 0) is 0 Å². The summed E-state index contributed by atoms with van der Waals surface area (Å²) in [7, 11) is 1.28. The lowest BCUT2D eigenvalue weighted by atomic mass is 10.3. The molecule has 1 unspecified atom stereocenters. The number of aromatic nitrogens is 2. The molecular formula is C10H12N4O5. The van der Waals surface area contributed by atoms with Crippen molar-refractivity contribution >= 4 is 17.6 Å². The molecule has 0 bridgehead atoms. The Morgan fingerprint density at radius 1 is 1.58 bits per heavy atom. The summed E-state index contributed by atoms with van der Waals surface area (Å²) in [4.78, 5) is 30.8. The van der Waals surface area contributed by atoms with Gasteiger partial charge in [-0.15, -0.1) is 0 Å². The molecule has 1 aliphatic rings. The van der Waals surface area contributed by atoms with Crippen LogP contribution in [0.1, 0.15) is 0 Å². The number of methoxy groups -OCH3 is 1. The number of carbonyl (C=O) groups is 1. The Morgan fingerprint density at radius 3 is 2.84 bits per heavy atom. The Labute approximate surface area is 108 Å². The van der Waals surface area contributed by atoms with Crippen molar-refractivity contribution in [1.29, 1.82) is 0 Å². The molecule has 0 radical (unpaired) electrons. The monoisotopic (exact) mass is 268 g/mol. The van der Waals surface area contributed by atoms with E-state index in [2.05, 4.69) is 14.7 Å². The standard InChI is InChI=1S/C10H12N4O5/c1-18-9(15)8-6-13(2-3-19-8)10-11-4-7(5-12-10)14(16)17/h4-5,8H,2-3,6H2,1H3. The molecule has 0 N–H and O–H groups in total. The first-order valence-corrected chi connectivity index (χ1v) is 5.52. The molecule has 0 aromatic carbocycles. The minimum absolute atomic E-state index is 0.179. The second-order valence-corrected chi connectivity index (χ2v) is 3.83. The summed E-state index contributed by atoms with van der Waals surface area (Å²) in [5.41, 5.74) is -0.179. The minimum Gasteiger partial charge on any atom is -0.467 e. The molecule has 102 valence electrons. The maximum absolute atomic E-state index is 11.4. The summed E-state index contributed by atoms with van der Waals surface area (Å²) in [6.07, 6.45) is 1.56. The maximum atomic E-state index is 11.4. The first kappa shape index (κ1) is 13.1. The highest BCUT2D eigenvalue weighted by molar-refractivity contribution is 5.75. The quantitative estimate of drug-likeness (QED) is 0.420. The van der Waals surface area contributed by atoms with Gasteiger partial charge in [0, 0.05) is 6.54 Å². The average Bonchev–Trinajstić information content (AvgIpc) is 2.46. The van der Waals surface area contributed by atoms with E-state index in [4.69, 9.17) is 4.74 Å². The van der Waals surface area contributed by atoms with Crippen molar-refractivity contribution in [1.82, 2.24) is 9.97 Å². The number of hydrogen-bond donors (Lipinski definition) is 0. The minimum atomic E-state index is -0.697. The van der Waals surface area contributed by atoms with Gasteiger partial charge in [-0.2, -0.15) is 0 Å². The first-order chi connectivity index (χ1) is 9.11. The Hall–Kier alpha value is -2.29. The number of nitrogens with zero attached hydrogens (tertiary/aromatic N) is 4. The molecule has 1 aromatic rings. The fourth-order valence-corrected chi connectivity index (χ4v) is 1.68. The zero-order valence-corrected chi connectivity index (χ0v) is 10.2. The highest BCUT2D eigenvalue weighted by Crippen LogP contribution is 2.15. The van der Waals surface area contributed by atoms with E-state index in [1.54, 1.807) is 4.90 Å². The molecule has 19 heavy (non-hydrogen) atoms. The van der Waals surface area contributed by atoms with Gasteiger partial charge in [0.1, 0.15) is 12.4 Å². The van der Waals surface area contributed by atoms with Crippen molar-refractivity contribution in [3.8, 4) is 0 Å². The zero-order valence-electron chi connectivity index (χ0n) is 10.2. The fourth-order valence-electron chi connectivity index (χ4n) is 1.68. The van der Waals surface area contributed by atoms with E-state index in [9.17, 15) is 14.9 Å². The number of hydrogen-bond acceptors (Lipinski definition) is 8. The molecule has 0 spiro atoms. The van der Waals surface area contributed by atoms with Crippen molar-refractivity contribution in [2.75, 3.05) is 31.7 Å². The number of carbonyl (C=O) groups excluding carboxylic acids is 1. The molecule has 2 heterocycles. The smallest absolute Gasteiger partial charge is 0.336 e. The number of morpholine rings is 1. The van der Waals surface area contributed by atoms with Gasteiger partial charge in [-0.25, -0.2) is 14.8 Å². The molecule has 0 saturated carbocycles. The van der Waals surface area contributed by atoms with Crippen molar-refractivity contribution < 1.29 is 19.2 Å². The highest BCUT2D eigenvalue weighted by Gasteiger charge is 2.28. The number of ether oxygens (including phenoxy) is 2. The largest absolute Gasteiger partial charge is 0.467 e. The second-order valence-electron chi connectivity index (χ2n) is 3.83. The summed E-state index contributed by atoms with van der Waals surface area (Å²) in [5, 5.41) is 10.5. The topological polar surface area (TPSA) is 108 Å². The summed E-state index contributed by atoms with van der Waals surface area (Å²) < 4.78 is 9.87. The van der Waals surface area contributed by atoms with Gasteiger partial charge >= 0.3 is 11.7 Å². The number of anilines is 1. The van der Waals surface area contributed by atoms with Crippen LogP contribution < -0.4 is 4.90 Å². The lowest BCUT2D eigenvalue weighted by Crippen LogP contribution is -2.47. The van der Waals surface area contributed by atoms with Crippen LogP contribution in [0.15, 0.2) is 12.4 Å². The Bertz CT molecular complexity index is 477. The molecule has 0 amide bonds. The molecular weight excluding hydrogens is 256 g/mol. The third-order valence-corrected chi connectivity index (χ3v) is 2.65. The molecule has 1 saturated heterocycles. The van der Waals surface area contributed by atoms with E-state index in [0.29, 0.717) is 19.1 Å². The van der Waals surface area contributed by atoms with Crippen molar-refractivity contribution in [2.45, 2.75) is 6.10 Å². The van der Waals surface area contributed by atoms with Gasteiger partial charge in [0.15, 0.2) is 6.10 Å². The third-order valence-electron chi connectivity index (χ3n) is 2.65. The number of rotatable bonds is 3. The van der Waals surface area contributed by atoms with E-state index >= 15 is 0 Å². The predicted molar refractivity (Wildman–Crippen MR) is 62.7 cm³/mol. The number of nitro groups is 1. The molecule has 1 fully saturated rings. The van der Waals surface area contributed by atoms with Gasteiger partial charge in [0.2, 0.25) is 5.95 Å². The van der Waals surface area contributed by atoms with E-state index in [0.717, 1.165) is 12.4 Å². The van der Waals surface area contributed by atoms with Crippen LogP contribution in [0.2, 0.25) is 0 Å². The molecule has 0 aliphatic carbocycles. The van der Waals surface area contributed by atoms with Crippen LogP contribution in [0, 0.1) is 10.1 Å². The Balaban J connectivity index is 2.08. The molecule has 2 rings (SSSR count). The normalized spacial score (nSPS) is 19.0. The van der Waals surface area contributed by atoms with Gasteiger partial charge in [0.25, 0.3) is 0 Å². The summed E-state index contributed by atoms with van der Waals surface area (Å²) >= 11 is 0. The van der Waals surface area contributed by atoms with Crippen LogP contribution in [0.3, 0.4) is 0 Å². The van der Waals surface area contributed by atoms with Crippen LogP contribution in [0.25, 0.3) is 0 Å². The lowest BCUT2D eigenvalue weighted by Gasteiger charge is -2.31. The second kappa shape index (κ2) is 5.57. The molecule has 1 atom stereocenters. The van der Waals surface area contributed by atoms with Gasteiger partial charge in [-0.3, -0.25) is 10.1 Å². The average molecular weight is 268 g/mol. The summed E-state index contributed by atoms with van der Waals surface area (Å²) in [6.45, 7) is 1.09.